The number of carbonyl (C=O) groups is 1. The molecule has 3 rings (SSSR count). The minimum atomic E-state index is -0.210. The number of nitrogen functional groups attached to an aromatic ring is 1. The Bertz CT molecular complexity index is 875. The fourth-order valence-corrected chi connectivity index (χ4v) is 3.34. The van der Waals surface area contributed by atoms with Crippen LogP contribution >= 0.6 is 11.3 Å². The van der Waals surface area contributed by atoms with E-state index in [2.05, 4.69) is 40.7 Å². The molecule has 6 heteroatoms. The highest BCUT2D eigenvalue weighted by Crippen LogP contribution is 2.20. The maximum Gasteiger partial charge on any atom is 0.255 e. The average Bonchev–Trinajstić information content (AvgIpc) is 3.07. The summed E-state index contributed by atoms with van der Waals surface area (Å²) in [5, 5.41) is 6.32. The number of rotatable bonds is 6. The van der Waals surface area contributed by atoms with E-state index in [1.54, 1.807) is 29.7 Å². The smallest absolute Gasteiger partial charge is 0.255 e. The molecule has 0 aliphatic heterocycles. The molecule has 0 saturated heterocycles. The number of hydrogen-bond acceptors (Lipinski definition) is 5. The molecule has 5 nitrogen and oxygen atoms in total. The molecule has 0 fully saturated rings. The van der Waals surface area contributed by atoms with E-state index in [0.29, 0.717) is 12.1 Å². The summed E-state index contributed by atoms with van der Waals surface area (Å²) >= 11 is 1.68. The molecular weight excluding hydrogens is 332 g/mol. The highest BCUT2D eigenvalue weighted by Gasteiger charge is 2.10. The van der Waals surface area contributed by atoms with Gasteiger partial charge >= 0.3 is 0 Å². The Morgan fingerprint density at radius 1 is 1.08 bits per heavy atom. The van der Waals surface area contributed by atoms with Crippen LogP contribution in [0.3, 0.4) is 0 Å². The van der Waals surface area contributed by atoms with Gasteiger partial charge in [-0.2, -0.15) is 0 Å². The van der Waals surface area contributed by atoms with Gasteiger partial charge in [-0.3, -0.25) is 4.79 Å². The summed E-state index contributed by atoms with van der Waals surface area (Å²) in [5.41, 5.74) is 8.49. The third-order valence-electron chi connectivity index (χ3n) is 3.82. The normalized spacial score (nSPS) is 10.4. The van der Waals surface area contributed by atoms with Crippen molar-refractivity contribution in [1.29, 1.82) is 0 Å². The van der Waals surface area contributed by atoms with E-state index in [0.717, 1.165) is 17.1 Å². The van der Waals surface area contributed by atoms with E-state index in [1.807, 2.05) is 18.2 Å². The summed E-state index contributed by atoms with van der Waals surface area (Å²) in [6.07, 6.45) is 1.57. The molecule has 128 valence electrons. The molecule has 3 aromatic rings. The molecule has 1 aromatic carbocycles. The first-order chi connectivity index (χ1) is 12.1. The lowest BCUT2D eigenvalue weighted by Crippen LogP contribution is -2.23. The van der Waals surface area contributed by atoms with Gasteiger partial charge in [-0.25, -0.2) is 4.98 Å². The van der Waals surface area contributed by atoms with Gasteiger partial charge in [0.1, 0.15) is 5.82 Å². The molecule has 0 spiro atoms. The van der Waals surface area contributed by atoms with Crippen molar-refractivity contribution in [1.82, 2.24) is 10.3 Å². The monoisotopic (exact) mass is 352 g/mol. The quantitative estimate of drug-likeness (QED) is 0.633. The number of aryl methyl sites for hydroxylation is 1. The van der Waals surface area contributed by atoms with Gasteiger partial charge in [-0.1, -0.05) is 18.2 Å². The van der Waals surface area contributed by atoms with Crippen LogP contribution in [0.4, 0.5) is 11.5 Å². The lowest BCUT2D eigenvalue weighted by Gasteiger charge is -2.07. The second kappa shape index (κ2) is 7.81. The van der Waals surface area contributed by atoms with Gasteiger partial charge in [-0.15, -0.1) is 11.3 Å². The third kappa shape index (κ3) is 4.36. The number of aromatic nitrogens is 1. The van der Waals surface area contributed by atoms with Gasteiger partial charge in [0.15, 0.2) is 0 Å². The number of nitrogens with two attached hydrogens (primary N) is 1. The van der Waals surface area contributed by atoms with E-state index in [-0.39, 0.29) is 11.7 Å². The molecule has 0 saturated carbocycles. The Labute approximate surface area is 150 Å². The molecule has 2 heterocycles. The first-order valence-electron chi connectivity index (χ1n) is 7.99. The second-order valence-corrected chi connectivity index (χ2v) is 6.91. The predicted octanol–water partition coefficient (Wildman–Crippen LogP) is 3.58. The number of nitrogens with one attached hydrogen (secondary N) is 2. The van der Waals surface area contributed by atoms with Gasteiger partial charge in [0.2, 0.25) is 0 Å². The molecule has 0 atom stereocenters. The largest absolute Gasteiger partial charge is 0.383 e. The first-order valence-corrected chi connectivity index (χ1v) is 8.81. The second-order valence-electron chi connectivity index (χ2n) is 5.66. The van der Waals surface area contributed by atoms with E-state index in [4.69, 9.17) is 5.73 Å². The lowest BCUT2D eigenvalue weighted by molar-refractivity contribution is 0.0952. The average molecular weight is 352 g/mol. The summed E-state index contributed by atoms with van der Waals surface area (Å²) < 4.78 is 0. The maximum atomic E-state index is 12.2. The zero-order valence-electron chi connectivity index (χ0n) is 14.0. The van der Waals surface area contributed by atoms with Crippen LogP contribution in [-0.2, 0) is 13.1 Å². The molecule has 0 unspecified atom stereocenters. The van der Waals surface area contributed by atoms with E-state index >= 15 is 0 Å². The summed E-state index contributed by atoms with van der Waals surface area (Å²) in [7, 11) is 0. The van der Waals surface area contributed by atoms with Gasteiger partial charge < -0.3 is 16.4 Å². The first kappa shape index (κ1) is 17.0. The van der Waals surface area contributed by atoms with Crippen molar-refractivity contribution in [3.8, 4) is 0 Å². The maximum absolute atomic E-state index is 12.2. The van der Waals surface area contributed by atoms with E-state index in [1.165, 1.54) is 10.4 Å². The van der Waals surface area contributed by atoms with Crippen LogP contribution in [-0.4, -0.2) is 10.9 Å². The zero-order valence-corrected chi connectivity index (χ0v) is 14.8. The minimum Gasteiger partial charge on any atom is -0.383 e. The van der Waals surface area contributed by atoms with Crippen LogP contribution in [0.2, 0.25) is 0 Å². The van der Waals surface area contributed by atoms with Crippen molar-refractivity contribution in [2.45, 2.75) is 20.0 Å². The van der Waals surface area contributed by atoms with Crippen LogP contribution in [0.15, 0.2) is 54.7 Å². The highest BCUT2D eigenvalue weighted by molar-refractivity contribution is 7.12. The lowest BCUT2D eigenvalue weighted by atomic mass is 10.2. The number of pyridine rings is 1. The van der Waals surface area contributed by atoms with Crippen molar-refractivity contribution in [2.24, 2.45) is 0 Å². The van der Waals surface area contributed by atoms with E-state index in [9.17, 15) is 4.79 Å². The standard InChI is InChI=1S/C19H20N4OS/c1-13-5-2-3-7-17(13)22-11-14-8-9-15(25-14)12-23-19(24)16-6-4-10-21-18(16)20/h2-10,22H,11-12H2,1H3,(H2,20,21)(H,23,24). The summed E-state index contributed by atoms with van der Waals surface area (Å²) in [6, 6.07) is 15.7. The molecule has 0 aliphatic rings. The zero-order chi connectivity index (χ0) is 17.6. The van der Waals surface area contributed by atoms with Crippen LogP contribution < -0.4 is 16.4 Å². The SMILES string of the molecule is Cc1ccccc1NCc1ccc(CNC(=O)c2cccnc2N)s1. The third-order valence-corrected chi connectivity index (χ3v) is 4.91. The number of amides is 1. The summed E-state index contributed by atoms with van der Waals surface area (Å²) in [4.78, 5) is 18.4. The Balaban J connectivity index is 1.54. The number of carbonyl (C=O) groups excluding carboxylic acids is 1. The number of thiophene rings is 1. The Morgan fingerprint density at radius 2 is 1.84 bits per heavy atom. The molecule has 4 N–H and O–H groups in total. The Kier molecular flexibility index (Phi) is 5.30. The molecule has 0 bridgehead atoms. The van der Waals surface area contributed by atoms with Crippen LogP contribution in [0, 0.1) is 6.92 Å². The van der Waals surface area contributed by atoms with Crippen molar-refractivity contribution in [3.05, 3.63) is 75.6 Å². The number of hydrogen-bond donors (Lipinski definition) is 3. The summed E-state index contributed by atoms with van der Waals surface area (Å²) in [5.74, 6) is 0.0351. The molecular formula is C19H20N4OS. The highest BCUT2D eigenvalue weighted by atomic mass is 32.1. The molecule has 25 heavy (non-hydrogen) atoms. The van der Waals surface area contributed by atoms with Gasteiger partial charge in [0, 0.05) is 28.2 Å². The Morgan fingerprint density at radius 3 is 2.60 bits per heavy atom. The fourth-order valence-electron chi connectivity index (χ4n) is 2.44. The molecule has 0 radical (unpaired) electrons. The predicted molar refractivity (Wildman–Crippen MR) is 103 cm³/mol. The van der Waals surface area contributed by atoms with Crippen molar-refractivity contribution < 1.29 is 4.79 Å². The molecule has 2 aromatic heterocycles. The van der Waals surface area contributed by atoms with Crippen molar-refractivity contribution in [3.63, 3.8) is 0 Å². The van der Waals surface area contributed by atoms with Crippen molar-refractivity contribution in [2.75, 3.05) is 11.1 Å². The number of anilines is 2. The topological polar surface area (TPSA) is 80.0 Å². The number of para-hydroxylation sites is 1. The van der Waals surface area contributed by atoms with Gasteiger partial charge in [0.05, 0.1) is 12.1 Å². The fraction of sp³-hybridized carbons (Fsp3) is 0.158. The van der Waals surface area contributed by atoms with Gasteiger partial charge in [0.25, 0.3) is 5.91 Å². The molecule has 1 amide bonds. The van der Waals surface area contributed by atoms with Crippen LogP contribution in [0.1, 0.15) is 25.7 Å². The Hall–Kier alpha value is -2.86. The van der Waals surface area contributed by atoms with Crippen molar-refractivity contribution >= 4 is 28.7 Å². The van der Waals surface area contributed by atoms with E-state index < -0.39 is 0 Å². The molecule has 0 aliphatic carbocycles. The van der Waals surface area contributed by atoms with Gasteiger partial charge in [-0.05, 0) is 42.8 Å². The van der Waals surface area contributed by atoms with Crippen LogP contribution in [0.5, 0.6) is 0 Å². The summed E-state index contributed by atoms with van der Waals surface area (Å²) in [6.45, 7) is 3.32. The number of nitrogens with zero attached hydrogens (tertiary/aromatic N) is 1. The minimum absolute atomic E-state index is 0.210. The number of benzene rings is 1. The van der Waals surface area contributed by atoms with Crippen LogP contribution in [0.25, 0.3) is 0 Å².